The van der Waals surface area contributed by atoms with Gasteiger partial charge in [-0.05, 0) is 51.4 Å². The van der Waals surface area contributed by atoms with Gasteiger partial charge < -0.3 is 9.84 Å². The first kappa shape index (κ1) is 24.3. The van der Waals surface area contributed by atoms with Gasteiger partial charge in [0.2, 0.25) is 0 Å². The number of amides is 1. The molecule has 8 nitrogen and oxygen atoms in total. The van der Waals surface area contributed by atoms with Crippen molar-refractivity contribution in [3.8, 4) is 5.75 Å². The summed E-state index contributed by atoms with van der Waals surface area (Å²) in [4.78, 5) is 25.5. The Bertz CT molecular complexity index is 1330. The number of aliphatic hydroxyl groups is 1. The van der Waals surface area contributed by atoms with Crippen LogP contribution in [0.5, 0.6) is 5.75 Å². The van der Waals surface area contributed by atoms with Gasteiger partial charge in [-0.2, -0.15) is 10.2 Å². The minimum Gasteiger partial charge on any atom is -0.422 e. The maximum Gasteiger partial charge on any atom is 0.365 e. The highest BCUT2D eigenvalue weighted by molar-refractivity contribution is 14.1. The molecule has 0 aliphatic heterocycles. The van der Waals surface area contributed by atoms with Gasteiger partial charge in [0.1, 0.15) is 5.75 Å². The molecular weight excluding hydrogens is 559 g/mol. The Balaban J connectivity index is 1.50. The molecule has 1 heterocycles. The number of nitrogens with one attached hydrogen (secondary N) is 1. The summed E-state index contributed by atoms with van der Waals surface area (Å²) < 4.78 is 7.64. The van der Waals surface area contributed by atoms with Gasteiger partial charge in [-0.3, -0.25) is 9.48 Å². The van der Waals surface area contributed by atoms with Crippen molar-refractivity contribution in [2.45, 2.75) is 5.60 Å². The number of rotatable bonds is 7. The van der Waals surface area contributed by atoms with Crippen molar-refractivity contribution >= 4 is 40.7 Å². The van der Waals surface area contributed by atoms with Crippen molar-refractivity contribution < 1.29 is 19.4 Å². The van der Waals surface area contributed by atoms with E-state index < -0.39 is 17.5 Å². The summed E-state index contributed by atoms with van der Waals surface area (Å²) in [6.45, 7) is 0. The van der Waals surface area contributed by atoms with Gasteiger partial charge in [0, 0.05) is 13.2 Å². The van der Waals surface area contributed by atoms with E-state index >= 15 is 0 Å². The van der Waals surface area contributed by atoms with Crippen molar-refractivity contribution in [3.05, 3.63) is 117 Å². The Labute approximate surface area is 215 Å². The van der Waals surface area contributed by atoms with Crippen LogP contribution in [0.25, 0.3) is 0 Å². The number of nitrogens with zero attached hydrogens (tertiary/aromatic N) is 3. The predicted octanol–water partition coefficient (Wildman–Crippen LogP) is 3.63. The number of hydrogen-bond donors (Lipinski definition) is 2. The summed E-state index contributed by atoms with van der Waals surface area (Å²) >= 11 is 2.02. The van der Waals surface area contributed by atoms with E-state index in [2.05, 4.69) is 15.6 Å². The number of hydrazone groups is 1. The second kappa shape index (κ2) is 10.6. The lowest BCUT2D eigenvalue weighted by Crippen LogP contribution is -2.43. The highest BCUT2D eigenvalue weighted by Crippen LogP contribution is 2.29. The van der Waals surface area contributed by atoms with Crippen molar-refractivity contribution in [2.24, 2.45) is 12.1 Å². The number of aromatic nitrogens is 2. The molecule has 0 aliphatic rings. The van der Waals surface area contributed by atoms with E-state index in [4.69, 9.17) is 4.74 Å². The minimum absolute atomic E-state index is 0.223. The van der Waals surface area contributed by atoms with E-state index in [0.717, 1.165) is 0 Å². The summed E-state index contributed by atoms with van der Waals surface area (Å²) in [6, 6.07) is 24.0. The molecule has 0 fully saturated rings. The molecule has 0 bridgehead atoms. The molecule has 9 heteroatoms. The molecule has 3 aromatic carbocycles. The van der Waals surface area contributed by atoms with E-state index in [1.165, 1.54) is 10.9 Å². The summed E-state index contributed by atoms with van der Waals surface area (Å²) in [7, 11) is 1.72. The minimum atomic E-state index is -1.93. The van der Waals surface area contributed by atoms with Gasteiger partial charge in [0.15, 0.2) is 11.3 Å². The van der Waals surface area contributed by atoms with E-state index in [-0.39, 0.29) is 5.69 Å². The number of esters is 1. The van der Waals surface area contributed by atoms with Crippen molar-refractivity contribution in [3.63, 3.8) is 0 Å². The number of halogens is 1. The zero-order valence-electron chi connectivity index (χ0n) is 18.6. The molecule has 2 N–H and O–H groups in total. The fraction of sp³-hybridized carbons (Fsp3) is 0.0769. The van der Waals surface area contributed by atoms with Gasteiger partial charge >= 0.3 is 5.97 Å². The summed E-state index contributed by atoms with van der Waals surface area (Å²) in [5.41, 5.74) is 2.12. The molecule has 0 saturated heterocycles. The number of carbonyl (C=O) groups is 2. The predicted molar refractivity (Wildman–Crippen MR) is 139 cm³/mol. The van der Waals surface area contributed by atoms with Gasteiger partial charge in [0.05, 0.1) is 9.78 Å². The van der Waals surface area contributed by atoms with Crippen LogP contribution in [-0.2, 0) is 17.4 Å². The highest BCUT2D eigenvalue weighted by Gasteiger charge is 2.39. The average Bonchev–Trinajstić information content (AvgIpc) is 3.22. The van der Waals surface area contributed by atoms with E-state index in [9.17, 15) is 14.7 Å². The Morgan fingerprint density at radius 2 is 1.66 bits per heavy atom. The van der Waals surface area contributed by atoms with Gasteiger partial charge in [-0.25, -0.2) is 10.2 Å². The number of benzene rings is 3. The average molecular weight is 580 g/mol. The molecule has 0 aliphatic carbocycles. The molecule has 176 valence electrons. The zero-order valence-corrected chi connectivity index (χ0v) is 20.8. The summed E-state index contributed by atoms with van der Waals surface area (Å²) in [5, 5.41) is 19.6. The Morgan fingerprint density at radius 3 is 2.23 bits per heavy atom. The molecule has 0 atom stereocenters. The molecule has 0 unspecified atom stereocenters. The van der Waals surface area contributed by atoms with Crippen LogP contribution in [0.3, 0.4) is 0 Å². The Morgan fingerprint density at radius 1 is 1.03 bits per heavy atom. The number of hydrogen-bond acceptors (Lipinski definition) is 6. The monoisotopic (exact) mass is 580 g/mol. The summed E-state index contributed by atoms with van der Waals surface area (Å²) in [6.07, 6.45) is 3.12. The van der Waals surface area contributed by atoms with Crippen LogP contribution in [0.15, 0.2) is 96.2 Å². The lowest BCUT2D eigenvalue weighted by Gasteiger charge is -2.27. The maximum absolute atomic E-state index is 13.1. The fourth-order valence-electron chi connectivity index (χ4n) is 3.45. The SMILES string of the molecule is Cn1cc(I)c(C(=O)Oc2cccc(C=NNC(=O)C(O)(c3ccccc3)c3ccccc3)c2)n1. The quantitative estimate of drug-likeness (QED) is 0.114. The highest BCUT2D eigenvalue weighted by atomic mass is 127. The van der Waals surface area contributed by atoms with Gasteiger partial charge in [0.25, 0.3) is 5.91 Å². The third-order valence-electron chi connectivity index (χ3n) is 5.14. The number of ether oxygens (including phenoxy) is 1. The van der Waals surface area contributed by atoms with Crippen molar-refractivity contribution in [1.82, 2.24) is 15.2 Å². The van der Waals surface area contributed by atoms with Crippen LogP contribution in [-0.4, -0.2) is 33.0 Å². The topological polar surface area (TPSA) is 106 Å². The lowest BCUT2D eigenvalue weighted by atomic mass is 9.85. The van der Waals surface area contributed by atoms with E-state index in [1.54, 1.807) is 98.2 Å². The van der Waals surface area contributed by atoms with Crippen LogP contribution in [0.4, 0.5) is 0 Å². The van der Waals surface area contributed by atoms with E-state index in [0.29, 0.717) is 26.0 Å². The van der Waals surface area contributed by atoms with Gasteiger partial charge in [-0.1, -0.05) is 72.8 Å². The first-order chi connectivity index (χ1) is 16.9. The number of aryl methyl sites for hydroxylation is 1. The Kier molecular flexibility index (Phi) is 7.37. The van der Waals surface area contributed by atoms with E-state index in [1.807, 2.05) is 22.6 Å². The fourth-order valence-corrected chi connectivity index (χ4v) is 4.18. The third kappa shape index (κ3) is 5.47. The second-order valence-electron chi connectivity index (χ2n) is 7.60. The van der Waals surface area contributed by atoms with Gasteiger partial charge in [-0.15, -0.1) is 0 Å². The molecule has 0 spiro atoms. The molecular formula is C26H21IN4O4. The molecule has 1 amide bonds. The van der Waals surface area contributed by atoms with Crippen LogP contribution in [0.1, 0.15) is 27.2 Å². The number of carbonyl (C=O) groups excluding carboxylic acids is 2. The van der Waals surface area contributed by atoms with Crippen LogP contribution in [0.2, 0.25) is 0 Å². The molecule has 0 radical (unpaired) electrons. The van der Waals surface area contributed by atoms with Crippen LogP contribution >= 0.6 is 22.6 Å². The largest absolute Gasteiger partial charge is 0.422 e. The molecule has 4 rings (SSSR count). The molecule has 0 saturated carbocycles. The Hall–Kier alpha value is -3.83. The molecule has 35 heavy (non-hydrogen) atoms. The first-order valence-corrected chi connectivity index (χ1v) is 11.6. The van der Waals surface area contributed by atoms with Crippen LogP contribution < -0.4 is 10.2 Å². The third-order valence-corrected chi connectivity index (χ3v) is 5.93. The first-order valence-electron chi connectivity index (χ1n) is 10.6. The van der Waals surface area contributed by atoms with Crippen molar-refractivity contribution in [1.29, 1.82) is 0 Å². The summed E-state index contributed by atoms with van der Waals surface area (Å²) in [5.74, 6) is -0.983. The zero-order chi connectivity index (χ0) is 24.8. The smallest absolute Gasteiger partial charge is 0.365 e. The normalized spacial score (nSPS) is 11.4. The standard InChI is InChI=1S/C26H21IN4O4/c1-31-17-22(27)23(30-31)24(32)35-21-14-8-9-18(15-21)16-28-29-25(33)26(34,19-10-4-2-5-11-19)20-12-6-3-7-13-20/h2-17,34H,1H3,(H,29,33). The lowest BCUT2D eigenvalue weighted by molar-refractivity contribution is -0.136. The van der Waals surface area contributed by atoms with Crippen LogP contribution in [0, 0.1) is 3.57 Å². The second-order valence-corrected chi connectivity index (χ2v) is 8.77. The van der Waals surface area contributed by atoms with Crippen molar-refractivity contribution in [2.75, 3.05) is 0 Å². The molecule has 1 aromatic heterocycles. The molecule has 4 aromatic rings. The maximum atomic E-state index is 13.1.